The highest BCUT2D eigenvalue weighted by Crippen LogP contribution is 2.34. The van der Waals surface area contributed by atoms with E-state index in [9.17, 15) is 4.39 Å². The SMILES string of the molecule is C=C/C(=C\C(=C/C)c1cnc2n[nH]c(-c3cc4c(-c5cc(F)cc(NCCN(C)C)c5)nccc4[nH]3)c2c1)N(C)C. The molecular weight excluding hydrogens is 515 g/mol. The Kier molecular flexibility index (Phi) is 7.98. The molecule has 0 atom stereocenters. The van der Waals surface area contributed by atoms with Crippen LogP contribution in [0.1, 0.15) is 12.5 Å². The molecule has 0 amide bonds. The normalized spacial score (nSPS) is 12.5. The molecule has 3 N–H and O–H groups in total. The number of aromatic amines is 2. The Morgan fingerprint density at radius 1 is 1.07 bits per heavy atom. The van der Waals surface area contributed by atoms with Crippen LogP contribution in [0.15, 0.2) is 79.3 Å². The van der Waals surface area contributed by atoms with Crippen LogP contribution in [0.2, 0.25) is 0 Å². The number of fused-ring (bicyclic) bond motifs is 2. The summed E-state index contributed by atoms with van der Waals surface area (Å²) in [6.45, 7) is 7.49. The largest absolute Gasteiger partial charge is 0.384 e. The number of likely N-dealkylation sites (N-methyl/N-ethyl adjacent to an activating group) is 2. The third kappa shape index (κ3) is 5.90. The molecule has 210 valence electrons. The Hall–Kier alpha value is -4.76. The predicted molar refractivity (Wildman–Crippen MR) is 167 cm³/mol. The van der Waals surface area contributed by atoms with Gasteiger partial charge in [0.2, 0.25) is 0 Å². The van der Waals surface area contributed by atoms with Crippen molar-refractivity contribution in [3.63, 3.8) is 0 Å². The number of allylic oxidation sites excluding steroid dienone is 4. The molecule has 4 aromatic heterocycles. The van der Waals surface area contributed by atoms with Crippen molar-refractivity contribution in [1.29, 1.82) is 0 Å². The van der Waals surface area contributed by atoms with E-state index in [1.54, 1.807) is 6.20 Å². The zero-order chi connectivity index (χ0) is 29.1. The second kappa shape index (κ2) is 11.8. The summed E-state index contributed by atoms with van der Waals surface area (Å²) in [4.78, 5) is 16.8. The molecule has 0 unspecified atom stereocenters. The zero-order valence-corrected chi connectivity index (χ0v) is 24.1. The fourth-order valence-electron chi connectivity index (χ4n) is 4.80. The van der Waals surface area contributed by atoms with Crippen LogP contribution >= 0.6 is 0 Å². The number of halogens is 1. The summed E-state index contributed by atoms with van der Waals surface area (Å²) in [5.41, 5.74) is 8.28. The standard InChI is InChI=1S/C32H35FN8/c1-7-20(15-25(8-2)41(5)6)22-16-27-31(38-39-32(27)36-19-22)29-18-26-28(37-29)9-10-35-30(26)21-13-23(33)17-24(14-21)34-11-12-40(3)4/h7-10,13-19,34,37H,2,11-12H2,1,3-6H3,(H,36,38,39)/b20-7+,25-15+. The minimum absolute atomic E-state index is 0.315. The number of hydrogen-bond donors (Lipinski definition) is 3. The van der Waals surface area contributed by atoms with E-state index in [0.717, 1.165) is 56.7 Å². The lowest BCUT2D eigenvalue weighted by atomic mass is 10.0. The van der Waals surface area contributed by atoms with Crippen LogP contribution in [0.3, 0.4) is 0 Å². The summed E-state index contributed by atoms with van der Waals surface area (Å²) in [7, 11) is 7.99. The van der Waals surface area contributed by atoms with Gasteiger partial charge in [-0.1, -0.05) is 12.7 Å². The smallest absolute Gasteiger partial charge is 0.181 e. The van der Waals surface area contributed by atoms with Crippen LogP contribution in [0.5, 0.6) is 0 Å². The lowest BCUT2D eigenvalue weighted by molar-refractivity contribution is 0.425. The number of aromatic nitrogens is 5. The van der Waals surface area contributed by atoms with Gasteiger partial charge in [0.25, 0.3) is 0 Å². The molecule has 0 spiro atoms. The summed E-state index contributed by atoms with van der Waals surface area (Å²) in [6.07, 6.45) is 9.53. The Morgan fingerprint density at radius 3 is 2.63 bits per heavy atom. The molecule has 9 heteroatoms. The lowest BCUT2D eigenvalue weighted by Gasteiger charge is -2.14. The molecule has 41 heavy (non-hydrogen) atoms. The van der Waals surface area contributed by atoms with Gasteiger partial charge in [-0.15, -0.1) is 0 Å². The van der Waals surface area contributed by atoms with Gasteiger partial charge in [-0.25, -0.2) is 9.37 Å². The van der Waals surface area contributed by atoms with E-state index < -0.39 is 0 Å². The van der Waals surface area contributed by atoms with Gasteiger partial charge in [-0.3, -0.25) is 10.1 Å². The van der Waals surface area contributed by atoms with Crippen LogP contribution in [0.25, 0.3) is 50.2 Å². The van der Waals surface area contributed by atoms with Crippen molar-refractivity contribution < 1.29 is 4.39 Å². The summed E-state index contributed by atoms with van der Waals surface area (Å²) >= 11 is 0. The van der Waals surface area contributed by atoms with Gasteiger partial charge in [0.15, 0.2) is 5.65 Å². The molecular formula is C32H35FN8. The van der Waals surface area contributed by atoms with Crippen molar-refractivity contribution in [3.8, 4) is 22.6 Å². The predicted octanol–water partition coefficient (Wildman–Crippen LogP) is 6.32. The zero-order valence-electron chi connectivity index (χ0n) is 24.1. The maximum Gasteiger partial charge on any atom is 0.181 e. The fourth-order valence-corrected chi connectivity index (χ4v) is 4.80. The Morgan fingerprint density at radius 2 is 1.90 bits per heavy atom. The Labute approximate surface area is 239 Å². The minimum atomic E-state index is -0.315. The van der Waals surface area contributed by atoms with Crippen molar-refractivity contribution in [2.24, 2.45) is 0 Å². The van der Waals surface area contributed by atoms with Crippen LogP contribution in [0.4, 0.5) is 10.1 Å². The monoisotopic (exact) mass is 550 g/mol. The maximum absolute atomic E-state index is 14.7. The molecule has 0 aliphatic rings. The summed E-state index contributed by atoms with van der Waals surface area (Å²) in [5, 5.41) is 12.7. The average Bonchev–Trinajstić information content (AvgIpc) is 3.56. The van der Waals surface area contributed by atoms with Gasteiger partial charge in [0.05, 0.1) is 17.1 Å². The van der Waals surface area contributed by atoms with E-state index in [4.69, 9.17) is 0 Å². The van der Waals surface area contributed by atoms with Crippen molar-refractivity contribution in [1.82, 2.24) is 34.9 Å². The second-order valence-electron chi connectivity index (χ2n) is 10.4. The fraction of sp³-hybridized carbons (Fsp3) is 0.219. The number of anilines is 1. The molecule has 1 aromatic carbocycles. The number of nitrogens with one attached hydrogen (secondary N) is 3. The van der Waals surface area contributed by atoms with Gasteiger partial charge in [-0.2, -0.15) is 5.10 Å². The summed E-state index contributed by atoms with van der Waals surface area (Å²) in [6, 6.07) is 11.0. The highest BCUT2D eigenvalue weighted by atomic mass is 19.1. The first-order valence-corrected chi connectivity index (χ1v) is 13.5. The van der Waals surface area contributed by atoms with E-state index in [2.05, 4.69) is 60.2 Å². The van der Waals surface area contributed by atoms with E-state index >= 15 is 0 Å². The van der Waals surface area contributed by atoms with E-state index in [0.29, 0.717) is 23.4 Å². The highest BCUT2D eigenvalue weighted by molar-refractivity contribution is 6.00. The number of benzene rings is 1. The van der Waals surface area contributed by atoms with Gasteiger partial charge in [-0.05, 0) is 75.1 Å². The highest BCUT2D eigenvalue weighted by Gasteiger charge is 2.16. The number of H-pyrrole nitrogens is 2. The van der Waals surface area contributed by atoms with Gasteiger partial charge in [0.1, 0.15) is 5.82 Å². The molecule has 0 radical (unpaired) electrons. The quantitative estimate of drug-likeness (QED) is 0.177. The average molecular weight is 551 g/mol. The molecule has 0 fully saturated rings. The molecule has 0 aliphatic carbocycles. The first-order chi connectivity index (χ1) is 19.8. The topological polar surface area (TPSA) is 88.8 Å². The van der Waals surface area contributed by atoms with E-state index in [1.165, 1.54) is 12.1 Å². The first kappa shape index (κ1) is 27.8. The third-order valence-electron chi connectivity index (χ3n) is 6.96. The molecule has 0 saturated carbocycles. The molecule has 5 rings (SSSR count). The number of pyridine rings is 2. The molecule has 5 aromatic rings. The summed E-state index contributed by atoms with van der Waals surface area (Å²) in [5.74, 6) is -0.315. The van der Waals surface area contributed by atoms with Gasteiger partial charge >= 0.3 is 0 Å². The minimum Gasteiger partial charge on any atom is -0.384 e. The Bertz CT molecular complexity index is 1770. The summed E-state index contributed by atoms with van der Waals surface area (Å²) < 4.78 is 14.7. The molecule has 8 nitrogen and oxygen atoms in total. The van der Waals surface area contributed by atoms with Crippen molar-refractivity contribution in [3.05, 3.63) is 90.7 Å². The Balaban J connectivity index is 1.55. The third-order valence-corrected chi connectivity index (χ3v) is 6.96. The first-order valence-electron chi connectivity index (χ1n) is 13.5. The van der Waals surface area contributed by atoms with Crippen LogP contribution < -0.4 is 5.32 Å². The van der Waals surface area contributed by atoms with E-state index in [-0.39, 0.29) is 5.82 Å². The molecule has 4 heterocycles. The molecule has 0 aliphatic heterocycles. The maximum atomic E-state index is 14.7. The van der Waals surface area contributed by atoms with Gasteiger partial charge < -0.3 is 20.1 Å². The van der Waals surface area contributed by atoms with Crippen LogP contribution in [0, 0.1) is 5.82 Å². The van der Waals surface area contributed by atoms with E-state index in [1.807, 2.05) is 70.5 Å². The van der Waals surface area contributed by atoms with Crippen molar-refractivity contribution >= 4 is 33.2 Å². The lowest BCUT2D eigenvalue weighted by Crippen LogP contribution is -2.20. The van der Waals surface area contributed by atoms with Crippen LogP contribution in [-0.2, 0) is 0 Å². The van der Waals surface area contributed by atoms with Gasteiger partial charge in [0, 0.05) is 78.4 Å². The van der Waals surface area contributed by atoms with Crippen molar-refractivity contribution in [2.45, 2.75) is 6.92 Å². The van der Waals surface area contributed by atoms with Crippen LogP contribution in [-0.4, -0.2) is 76.2 Å². The van der Waals surface area contributed by atoms with Crippen molar-refractivity contribution in [2.75, 3.05) is 46.6 Å². The number of nitrogens with zero attached hydrogens (tertiary/aromatic N) is 5. The molecule has 0 bridgehead atoms. The number of hydrogen-bond acceptors (Lipinski definition) is 6. The molecule has 0 saturated heterocycles. The second-order valence-corrected chi connectivity index (χ2v) is 10.4. The number of rotatable bonds is 10.